The molecular formula is C3H2F3NO2. The summed E-state index contributed by atoms with van der Waals surface area (Å²) >= 11 is 0. The predicted molar refractivity (Wildman–Crippen MR) is 19.4 cm³/mol. The molecule has 0 saturated heterocycles. The molecule has 1 rings (SSSR count). The summed E-state index contributed by atoms with van der Waals surface area (Å²) in [7, 11) is 0. The van der Waals surface area contributed by atoms with Crippen molar-refractivity contribution in [2.24, 2.45) is 0 Å². The third-order valence-electron chi connectivity index (χ3n) is 0.645. The van der Waals surface area contributed by atoms with Crippen LogP contribution in [0.5, 0.6) is 0 Å². The van der Waals surface area contributed by atoms with E-state index in [2.05, 4.69) is 9.68 Å². The molecule has 9 heavy (non-hydrogen) atoms. The molecule has 0 aromatic heterocycles. The van der Waals surface area contributed by atoms with Gasteiger partial charge in [-0.25, -0.2) is 0 Å². The molecule has 0 bridgehead atoms. The molecule has 52 valence electrons. The highest BCUT2D eigenvalue weighted by Gasteiger charge is 2.39. The Kier molecular flexibility index (Phi) is 1.24. The second-order valence-corrected chi connectivity index (χ2v) is 1.28. The van der Waals surface area contributed by atoms with Gasteiger partial charge in [0.1, 0.15) is 0 Å². The summed E-state index contributed by atoms with van der Waals surface area (Å²) in [5.41, 5.74) is 1.57. The van der Waals surface area contributed by atoms with E-state index in [-0.39, 0.29) is 0 Å². The van der Waals surface area contributed by atoms with E-state index in [1.54, 1.807) is 5.64 Å². The third-order valence-corrected chi connectivity index (χ3v) is 0.645. The SMILES string of the molecule is FC(F)(F)C1=CONO1. The third kappa shape index (κ3) is 1.26. The monoisotopic (exact) mass is 141 g/mol. The highest BCUT2D eigenvalue weighted by molar-refractivity contribution is 4.96. The molecule has 0 unspecified atom stereocenters. The van der Waals surface area contributed by atoms with Gasteiger partial charge in [-0.3, -0.25) is 0 Å². The Morgan fingerprint density at radius 1 is 1.44 bits per heavy atom. The van der Waals surface area contributed by atoms with Crippen molar-refractivity contribution in [2.45, 2.75) is 6.18 Å². The van der Waals surface area contributed by atoms with Gasteiger partial charge >= 0.3 is 6.18 Å². The Balaban J connectivity index is 2.61. The summed E-state index contributed by atoms with van der Waals surface area (Å²) in [5, 5.41) is 0. The highest BCUT2D eigenvalue weighted by Crippen LogP contribution is 2.27. The molecule has 0 radical (unpaired) electrons. The molecule has 6 heteroatoms. The average molecular weight is 141 g/mol. The number of alkyl halides is 3. The summed E-state index contributed by atoms with van der Waals surface area (Å²) < 4.78 is 34.3. The number of halogens is 3. The maximum atomic E-state index is 11.4. The Hall–Kier alpha value is -0.910. The summed E-state index contributed by atoms with van der Waals surface area (Å²) in [4.78, 5) is 7.71. The summed E-state index contributed by atoms with van der Waals surface area (Å²) in [6.07, 6.45) is -4.02. The largest absolute Gasteiger partial charge is 0.455 e. The smallest absolute Gasteiger partial charge is 0.377 e. The van der Waals surface area contributed by atoms with E-state index >= 15 is 0 Å². The summed E-state index contributed by atoms with van der Waals surface area (Å²) in [6, 6.07) is 0. The van der Waals surface area contributed by atoms with E-state index in [1.807, 2.05) is 0 Å². The lowest BCUT2D eigenvalue weighted by atomic mass is 10.5. The molecule has 0 amide bonds. The van der Waals surface area contributed by atoms with Gasteiger partial charge in [0.05, 0.1) is 0 Å². The number of hydrogen-bond donors (Lipinski definition) is 1. The van der Waals surface area contributed by atoms with Crippen LogP contribution in [0.15, 0.2) is 12.0 Å². The average Bonchev–Trinajstić information content (AvgIpc) is 2.08. The van der Waals surface area contributed by atoms with Crippen LogP contribution in [0.25, 0.3) is 0 Å². The number of nitrogens with one attached hydrogen (secondary N) is 1. The molecule has 1 heterocycles. The molecule has 3 nitrogen and oxygen atoms in total. The second kappa shape index (κ2) is 1.80. The van der Waals surface area contributed by atoms with E-state index in [9.17, 15) is 13.2 Å². The molecule has 1 aliphatic rings. The van der Waals surface area contributed by atoms with Gasteiger partial charge in [0, 0.05) is 5.64 Å². The fraction of sp³-hybridized carbons (Fsp3) is 0.333. The topological polar surface area (TPSA) is 30.5 Å². The van der Waals surface area contributed by atoms with Crippen molar-refractivity contribution in [3.8, 4) is 0 Å². The molecule has 0 atom stereocenters. The molecule has 0 saturated carbocycles. The quantitative estimate of drug-likeness (QED) is 0.542. The molecule has 0 fully saturated rings. The van der Waals surface area contributed by atoms with Crippen molar-refractivity contribution in [3.63, 3.8) is 0 Å². The second-order valence-electron chi connectivity index (χ2n) is 1.28. The van der Waals surface area contributed by atoms with Gasteiger partial charge < -0.3 is 9.68 Å². The molecule has 0 spiro atoms. The van der Waals surface area contributed by atoms with Crippen molar-refractivity contribution < 1.29 is 22.8 Å². The Labute approximate surface area is 48.0 Å². The van der Waals surface area contributed by atoms with Crippen molar-refractivity contribution in [3.05, 3.63) is 12.0 Å². The minimum atomic E-state index is -4.47. The van der Waals surface area contributed by atoms with E-state index in [1.165, 1.54) is 0 Å². The molecule has 0 aliphatic carbocycles. The van der Waals surface area contributed by atoms with Crippen LogP contribution in [0.3, 0.4) is 0 Å². The van der Waals surface area contributed by atoms with Crippen LogP contribution in [0.1, 0.15) is 0 Å². The van der Waals surface area contributed by atoms with Crippen LogP contribution in [-0.4, -0.2) is 6.18 Å². The first-order chi connectivity index (χ1) is 4.11. The van der Waals surface area contributed by atoms with E-state index in [0.717, 1.165) is 0 Å². The maximum absolute atomic E-state index is 11.4. The van der Waals surface area contributed by atoms with Gasteiger partial charge in [0.2, 0.25) is 0 Å². The zero-order valence-electron chi connectivity index (χ0n) is 4.03. The molecular weight excluding hydrogens is 139 g/mol. The summed E-state index contributed by atoms with van der Waals surface area (Å²) in [6.45, 7) is 0. The molecule has 0 aromatic rings. The van der Waals surface area contributed by atoms with Gasteiger partial charge in [0.15, 0.2) is 6.26 Å². The fourth-order valence-electron chi connectivity index (χ4n) is 0.295. The lowest BCUT2D eigenvalue weighted by Crippen LogP contribution is -2.14. The van der Waals surface area contributed by atoms with Crippen molar-refractivity contribution in [1.29, 1.82) is 0 Å². The minimum Gasteiger partial charge on any atom is -0.377 e. The molecule has 0 aromatic carbocycles. The standard InChI is InChI=1S/C3H2F3NO2/c4-3(5,6)2-1-8-7-9-2/h1,7H. The lowest BCUT2D eigenvalue weighted by Gasteiger charge is -2.02. The first kappa shape index (κ1) is 6.21. The maximum Gasteiger partial charge on any atom is 0.455 e. The van der Waals surface area contributed by atoms with Gasteiger partial charge in [-0.05, 0) is 0 Å². The van der Waals surface area contributed by atoms with Crippen molar-refractivity contribution in [2.75, 3.05) is 0 Å². The van der Waals surface area contributed by atoms with Crippen molar-refractivity contribution >= 4 is 0 Å². The summed E-state index contributed by atoms with van der Waals surface area (Å²) in [5.74, 6) is -1.18. The zero-order valence-corrected chi connectivity index (χ0v) is 4.03. The highest BCUT2D eigenvalue weighted by atomic mass is 19.4. The van der Waals surface area contributed by atoms with Crippen LogP contribution < -0.4 is 5.64 Å². The van der Waals surface area contributed by atoms with Crippen LogP contribution >= 0.6 is 0 Å². The number of hydrogen-bond acceptors (Lipinski definition) is 3. The van der Waals surface area contributed by atoms with Gasteiger partial charge in [-0.2, -0.15) is 13.2 Å². The normalized spacial score (nSPS) is 18.3. The van der Waals surface area contributed by atoms with Crippen LogP contribution in [0, 0.1) is 0 Å². The first-order valence-corrected chi connectivity index (χ1v) is 1.95. The fourth-order valence-corrected chi connectivity index (χ4v) is 0.295. The van der Waals surface area contributed by atoms with Crippen LogP contribution in [0.2, 0.25) is 0 Å². The number of allylic oxidation sites excluding steroid dienone is 1. The van der Waals surface area contributed by atoms with Gasteiger partial charge in [-0.15, -0.1) is 0 Å². The zero-order chi connectivity index (χ0) is 6.91. The van der Waals surface area contributed by atoms with E-state index in [0.29, 0.717) is 6.26 Å². The van der Waals surface area contributed by atoms with E-state index < -0.39 is 11.9 Å². The van der Waals surface area contributed by atoms with Gasteiger partial charge in [-0.1, -0.05) is 0 Å². The molecule has 1 aliphatic heterocycles. The van der Waals surface area contributed by atoms with E-state index in [4.69, 9.17) is 0 Å². The first-order valence-electron chi connectivity index (χ1n) is 1.95. The predicted octanol–water partition coefficient (Wildman–Crippen LogP) is 0.856. The van der Waals surface area contributed by atoms with Gasteiger partial charge in [0.25, 0.3) is 5.76 Å². The Morgan fingerprint density at radius 2 is 2.11 bits per heavy atom. The minimum absolute atomic E-state index is 0.444. The van der Waals surface area contributed by atoms with Crippen LogP contribution in [0.4, 0.5) is 13.2 Å². The molecule has 1 N–H and O–H groups in total. The Morgan fingerprint density at radius 3 is 2.33 bits per heavy atom. The Bertz CT molecular complexity index is 140. The number of rotatable bonds is 0. The lowest BCUT2D eigenvalue weighted by molar-refractivity contribution is -0.155. The van der Waals surface area contributed by atoms with Crippen LogP contribution in [-0.2, 0) is 9.68 Å². The van der Waals surface area contributed by atoms with Crippen molar-refractivity contribution in [1.82, 2.24) is 5.64 Å².